The molecule has 9 rings (SSSR count). The second-order valence-electron chi connectivity index (χ2n) is 18.7. The van der Waals surface area contributed by atoms with Gasteiger partial charge >= 0.3 is 36.4 Å². The number of hydrogen-bond donors (Lipinski definition) is 12. The standard InChI is InChI=1S/C37H54N15O26P5/c1-49-14-52(30-21(49)32(57)48-37(40)46-30)33-22(53)15(4-5-68-2)16(73-33)8-71-82(64,65)77-79(58,59)6-7-80(60,61)78-83(66,67)72-10-18-25(26(69-3)35(75-18)50-12-43-19-27(38)41-11-42-28(19)50)76-81(62,63)70-9-17-23(54)24(55)34(74-17)51-13-44-20-29(51)45-36(39)47-31(20)56/h11-18,22-26,33-35,53-55H,4-10H2,1-3H3,(H12-,38,39,40,41,42,45,46,47,48,56,57,58,59,60,61,62,63,64,65,66,67)/t15-,16-,17-,18-,22-,23-,24-,25-,26-,33-,34-,35-/m1/s1. The van der Waals surface area contributed by atoms with Crippen LogP contribution in [0.3, 0.4) is 0 Å². The lowest BCUT2D eigenvalue weighted by Gasteiger charge is -2.31. The number of aliphatic hydroxyl groups excluding tert-OH is 3. The number of imidazole rings is 3. The van der Waals surface area contributed by atoms with Gasteiger partial charge in [-0.3, -0.25) is 51.4 Å². The van der Waals surface area contributed by atoms with E-state index >= 15 is 0 Å². The Hall–Kier alpha value is -4.96. The van der Waals surface area contributed by atoms with Gasteiger partial charge in [-0.05, 0) is 6.42 Å². The molecule has 41 nitrogen and oxygen atoms in total. The van der Waals surface area contributed by atoms with E-state index in [1.807, 2.05) is 0 Å². The topological polar surface area (TPSA) is 591 Å². The molecule has 17 atom stereocenters. The Morgan fingerprint density at radius 3 is 1.87 bits per heavy atom. The second kappa shape index (κ2) is 24.1. The van der Waals surface area contributed by atoms with Gasteiger partial charge < -0.3 is 89.7 Å². The third-order valence-electron chi connectivity index (χ3n) is 13.1. The van der Waals surface area contributed by atoms with Crippen molar-refractivity contribution in [3.05, 3.63) is 46.0 Å². The number of aromatic nitrogens is 12. The van der Waals surface area contributed by atoms with E-state index in [4.69, 9.17) is 59.0 Å². The van der Waals surface area contributed by atoms with Crippen molar-refractivity contribution >= 4 is 89.9 Å². The van der Waals surface area contributed by atoms with Crippen molar-refractivity contribution in [2.75, 3.05) is 70.2 Å². The summed E-state index contributed by atoms with van der Waals surface area (Å²) in [6, 6.07) is 0. The van der Waals surface area contributed by atoms with Crippen LogP contribution in [0.15, 0.2) is 34.9 Å². The van der Waals surface area contributed by atoms with E-state index in [-0.39, 0.29) is 64.2 Å². The van der Waals surface area contributed by atoms with Crippen molar-refractivity contribution in [2.45, 2.75) is 73.9 Å². The molecule has 458 valence electrons. The van der Waals surface area contributed by atoms with Gasteiger partial charge in [0, 0.05) is 26.7 Å². The number of hydrogen-bond acceptors (Lipinski definition) is 31. The van der Waals surface area contributed by atoms with Crippen molar-refractivity contribution in [3.8, 4) is 0 Å². The van der Waals surface area contributed by atoms with E-state index in [2.05, 4.69) is 48.5 Å². The minimum absolute atomic E-state index is 0.00188. The number of phosphoric acid groups is 3. The Morgan fingerprint density at radius 2 is 1.23 bits per heavy atom. The summed E-state index contributed by atoms with van der Waals surface area (Å²) in [7, 11) is -24.2. The summed E-state index contributed by atoms with van der Waals surface area (Å²) >= 11 is 0. The molecule has 0 aromatic carbocycles. The molecule has 0 amide bonds. The van der Waals surface area contributed by atoms with E-state index in [1.54, 1.807) is 0 Å². The smallest absolute Gasteiger partial charge is 0.479 e. The number of ether oxygens (including phenoxy) is 5. The molecule has 6 aromatic rings. The molecule has 9 heterocycles. The summed E-state index contributed by atoms with van der Waals surface area (Å²) < 4.78 is 129. The summed E-state index contributed by atoms with van der Waals surface area (Å²) in [5, 5.41) is 33.1. The van der Waals surface area contributed by atoms with Crippen LogP contribution >= 0.6 is 38.7 Å². The molecule has 46 heteroatoms. The van der Waals surface area contributed by atoms with E-state index in [9.17, 15) is 72.2 Å². The van der Waals surface area contributed by atoms with Gasteiger partial charge in [0.2, 0.25) is 24.5 Å². The van der Waals surface area contributed by atoms with Crippen LogP contribution in [0.4, 0.5) is 17.7 Å². The summed E-state index contributed by atoms with van der Waals surface area (Å²) in [5.74, 6) is -1.59. The van der Waals surface area contributed by atoms with Crippen LogP contribution < -0.4 is 37.8 Å². The Labute approximate surface area is 463 Å². The Balaban J connectivity index is 0.834. The van der Waals surface area contributed by atoms with E-state index < -0.39 is 155 Å². The van der Waals surface area contributed by atoms with Gasteiger partial charge in [0.05, 0.1) is 58.0 Å². The predicted molar refractivity (Wildman–Crippen MR) is 270 cm³/mol. The van der Waals surface area contributed by atoms with Gasteiger partial charge in [-0.2, -0.15) is 14.5 Å². The molecule has 3 aliphatic rings. The lowest BCUT2D eigenvalue weighted by Crippen LogP contribution is -2.39. The fourth-order valence-corrected chi connectivity index (χ4v) is 16.6. The maximum atomic E-state index is 13.6. The molecule has 3 fully saturated rings. The number of anilines is 3. The molecule has 0 spiro atoms. The van der Waals surface area contributed by atoms with Crippen molar-refractivity contribution in [2.24, 2.45) is 13.0 Å². The highest BCUT2D eigenvalue weighted by Crippen LogP contribution is 2.65. The third-order valence-corrected chi connectivity index (χ3v) is 20.6. The summed E-state index contributed by atoms with van der Waals surface area (Å²) in [4.78, 5) is 110. The SMILES string of the molecule is COCC[C@H]1[C@@H](O)[C@H](n2c[n+](C)c3c(=O)[nH]c(N)nc32)O[C@@H]1COP(=O)(O)OP(=O)(O)CCP(=O)(O)OP(=O)(O)OC[C@H]1O[C@@H](n2cnc3c(N)ncnc32)[C@H](OC)[C@@H]1OP(=O)([O-])OC[C@H]1O[C@@H](n2cnc3c(=O)[nH]c(N)nc32)[C@H](O)[C@@H]1O. The Bertz CT molecular complexity index is 3750. The van der Waals surface area contributed by atoms with E-state index in [0.717, 1.165) is 30.7 Å². The van der Waals surface area contributed by atoms with Crippen LogP contribution in [0.2, 0.25) is 0 Å². The quantitative estimate of drug-likeness (QED) is 0.0193. The zero-order valence-electron chi connectivity index (χ0n) is 43.0. The minimum atomic E-state index is -5.84. The van der Waals surface area contributed by atoms with Crippen LogP contribution in [0, 0.1) is 5.92 Å². The van der Waals surface area contributed by atoms with Gasteiger partial charge in [0.25, 0.3) is 24.5 Å². The normalized spacial score (nSPS) is 29.5. The molecular weight excluding hydrogens is 1230 g/mol. The highest BCUT2D eigenvalue weighted by Gasteiger charge is 2.53. The lowest BCUT2D eigenvalue weighted by molar-refractivity contribution is -0.646. The number of nitrogens with two attached hydrogens (primary N) is 3. The van der Waals surface area contributed by atoms with Crippen LogP contribution in [0.5, 0.6) is 0 Å². The molecule has 3 aliphatic heterocycles. The number of nitrogens with one attached hydrogen (secondary N) is 2. The molecule has 15 N–H and O–H groups in total. The molecule has 3 saturated heterocycles. The maximum Gasteiger partial charge on any atom is 0.479 e. The van der Waals surface area contributed by atoms with Crippen LogP contribution in [-0.2, 0) is 80.3 Å². The van der Waals surface area contributed by atoms with Crippen LogP contribution in [0.25, 0.3) is 33.5 Å². The lowest BCUT2D eigenvalue weighted by atomic mass is 9.95. The molecule has 0 saturated carbocycles. The van der Waals surface area contributed by atoms with Crippen molar-refractivity contribution in [1.82, 2.24) is 53.6 Å². The maximum absolute atomic E-state index is 13.6. The molecule has 5 unspecified atom stereocenters. The third kappa shape index (κ3) is 13.5. The van der Waals surface area contributed by atoms with Crippen LogP contribution in [0.1, 0.15) is 25.1 Å². The number of H-pyrrole nitrogens is 2. The number of aliphatic hydroxyl groups is 3. The average molecular weight is 1280 g/mol. The van der Waals surface area contributed by atoms with Gasteiger partial charge in [-0.1, -0.05) is 0 Å². The number of nitrogen functional groups attached to an aromatic ring is 3. The number of rotatable bonds is 25. The molecule has 0 aliphatic carbocycles. The molecule has 0 radical (unpaired) electrons. The second-order valence-corrected chi connectivity index (χ2v) is 27.2. The monoisotopic (exact) mass is 1280 g/mol. The number of methoxy groups -OCH3 is 2. The number of phosphoric ester groups is 3. The van der Waals surface area contributed by atoms with E-state index in [1.165, 1.54) is 34.2 Å². The van der Waals surface area contributed by atoms with E-state index in [0.29, 0.717) is 0 Å². The Kier molecular flexibility index (Phi) is 18.1. The zero-order chi connectivity index (χ0) is 60.3. The molecular formula is C37H54N15O26P5. The van der Waals surface area contributed by atoms with Gasteiger partial charge in [0.1, 0.15) is 54.6 Å². The highest BCUT2D eigenvalue weighted by molar-refractivity contribution is 7.66. The number of aromatic amines is 2. The number of aryl methyl sites for hydroxylation is 1. The number of nitrogens with zero attached hydrogens (tertiary/aromatic N) is 10. The minimum Gasteiger partial charge on any atom is -0.756 e. The van der Waals surface area contributed by atoms with Gasteiger partial charge in [-0.15, -0.1) is 0 Å². The summed E-state index contributed by atoms with van der Waals surface area (Å²) in [6.45, 7) is -3.13. The fourth-order valence-electron chi connectivity index (χ4n) is 9.36. The first kappa shape index (κ1) is 62.6. The average Bonchev–Trinajstić information content (AvgIpc) is 2.33. The largest absolute Gasteiger partial charge is 0.756 e. The summed E-state index contributed by atoms with van der Waals surface area (Å²) in [5.41, 5.74) is 15.7. The highest BCUT2D eigenvalue weighted by atomic mass is 31.3. The molecule has 83 heavy (non-hydrogen) atoms. The van der Waals surface area contributed by atoms with Crippen molar-refractivity contribution < 1.29 is 118 Å². The van der Waals surface area contributed by atoms with Crippen molar-refractivity contribution in [3.63, 3.8) is 0 Å². The predicted octanol–water partition coefficient (Wildman–Crippen LogP) is -3.78. The van der Waals surface area contributed by atoms with Gasteiger partial charge in [-0.25, -0.2) is 42.3 Å². The fraction of sp³-hybridized carbons (Fsp3) is 0.595. The first-order valence-electron chi connectivity index (χ1n) is 24.0. The first-order valence-corrected chi connectivity index (χ1v) is 32.0. The first-order chi connectivity index (χ1) is 38.9. The van der Waals surface area contributed by atoms with Crippen LogP contribution in [-0.4, -0.2) is 190 Å². The van der Waals surface area contributed by atoms with Crippen molar-refractivity contribution in [1.29, 1.82) is 0 Å². The summed E-state index contributed by atoms with van der Waals surface area (Å²) in [6.07, 6.45) is -16.0. The molecule has 6 aromatic heterocycles. The number of fused-ring (bicyclic) bond motifs is 3. The molecule has 0 bridgehead atoms. The zero-order valence-corrected chi connectivity index (χ0v) is 47.5. The Morgan fingerprint density at radius 1 is 0.675 bits per heavy atom. The van der Waals surface area contributed by atoms with Gasteiger partial charge in [0.15, 0.2) is 35.1 Å².